The average molecular weight is 448 g/mol. The van der Waals surface area contributed by atoms with Gasteiger partial charge in [0.1, 0.15) is 16.9 Å². The van der Waals surface area contributed by atoms with E-state index in [0.717, 1.165) is 16.6 Å². The van der Waals surface area contributed by atoms with E-state index < -0.39 is 5.63 Å². The molecule has 4 heterocycles. The molecule has 7 nitrogen and oxygen atoms in total. The van der Waals surface area contributed by atoms with Crippen molar-refractivity contribution in [1.29, 1.82) is 0 Å². The van der Waals surface area contributed by atoms with Gasteiger partial charge in [0.2, 0.25) is 5.22 Å². The number of aromatic nitrogens is 4. The SMILES string of the molecule is CC.CC.CSc1nc(NCc2c[nH]c3ncccc23)c2c(=O)oc(Cl)c(C)c2n1. The van der Waals surface area contributed by atoms with E-state index >= 15 is 0 Å². The van der Waals surface area contributed by atoms with E-state index in [0.29, 0.717) is 34.0 Å². The molecule has 2 N–H and O–H groups in total. The number of halogens is 1. The fourth-order valence-electron chi connectivity index (χ4n) is 2.76. The molecule has 0 spiro atoms. The minimum Gasteiger partial charge on any atom is -0.410 e. The summed E-state index contributed by atoms with van der Waals surface area (Å²) in [4.78, 5) is 28.6. The number of aromatic amines is 1. The maximum atomic E-state index is 12.4. The first-order valence-corrected chi connectivity index (χ1v) is 11.4. The van der Waals surface area contributed by atoms with Crippen LogP contribution < -0.4 is 10.9 Å². The van der Waals surface area contributed by atoms with Gasteiger partial charge >= 0.3 is 5.63 Å². The van der Waals surface area contributed by atoms with Crippen molar-refractivity contribution in [3.05, 3.63) is 51.3 Å². The van der Waals surface area contributed by atoms with Gasteiger partial charge in [-0.3, -0.25) is 0 Å². The summed E-state index contributed by atoms with van der Waals surface area (Å²) >= 11 is 7.39. The van der Waals surface area contributed by atoms with Crippen LogP contribution in [0.1, 0.15) is 38.8 Å². The third kappa shape index (κ3) is 4.76. The Morgan fingerprint density at radius 1 is 1.23 bits per heavy atom. The Bertz CT molecular complexity index is 1190. The molecule has 0 aliphatic carbocycles. The monoisotopic (exact) mass is 447 g/mol. The summed E-state index contributed by atoms with van der Waals surface area (Å²) in [5, 5.41) is 5.12. The number of rotatable bonds is 4. The van der Waals surface area contributed by atoms with Crippen molar-refractivity contribution in [2.24, 2.45) is 0 Å². The van der Waals surface area contributed by atoms with Gasteiger partial charge in [-0.2, -0.15) is 0 Å². The minimum atomic E-state index is -0.564. The van der Waals surface area contributed by atoms with Gasteiger partial charge in [0.15, 0.2) is 5.16 Å². The second-order valence-electron chi connectivity index (χ2n) is 5.64. The standard InChI is InChI=1S/C17H14ClN5O2S.2C2H6/c1-8-12-11(16(24)25-13(8)18)15(23-17(22-12)26-2)21-7-9-6-20-14-10(9)4-3-5-19-14;2*1-2/h3-6H,7H2,1-2H3,(H,19,20)(H,21,22,23);2*1-2H3. The lowest BCUT2D eigenvalue weighted by molar-refractivity contribution is 0.517. The first-order chi connectivity index (χ1) is 14.6. The number of anilines is 1. The molecule has 0 amide bonds. The summed E-state index contributed by atoms with van der Waals surface area (Å²) < 4.78 is 5.11. The summed E-state index contributed by atoms with van der Waals surface area (Å²) in [5.41, 5.74) is 2.36. The van der Waals surface area contributed by atoms with Crippen molar-refractivity contribution in [2.75, 3.05) is 11.6 Å². The van der Waals surface area contributed by atoms with Crippen LogP contribution in [0.5, 0.6) is 0 Å². The van der Waals surface area contributed by atoms with Gasteiger partial charge in [-0.05, 0) is 42.5 Å². The van der Waals surface area contributed by atoms with Crippen LogP contribution in [0.3, 0.4) is 0 Å². The van der Waals surface area contributed by atoms with Gasteiger partial charge in [-0.25, -0.2) is 19.7 Å². The van der Waals surface area contributed by atoms with E-state index in [1.54, 1.807) is 13.1 Å². The molecule has 0 atom stereocenters. The number of nitrogens with zero attached hydrogens (tertiary/aromatic N) is 3. The maximum absolute atomic E-state index is 12.4. The van der Waals surface area contributed by atoms with E-state index in [-0.39, 0.29) is 5.22 Å². The highest BCUT2D eigenvalue weighted by atomic mass is 35.5. The molecule has 0 radical (unpaired) electrons. The Morgan fingerprint density at radius 3 is 2.67 bits per heavy atom. The van der Waals surface area contributed by atoms with Gasteiger partial charge < -0.3 is 14.7 Å². The Kier molecular flexibility index (Phi) is 8.68. The topological polar surface area (TPSA) is 96.7 Å². The second-order valence-corrected chi connectivity index (χ2v) is 6.75. The van der Waals surface area contributed by atoms with Gasteiger partial charge in [-0.1, -0.05) is 39.5 Å². The maximum Gasteiger partial charge on any atom is 0.350 e. The fourth-order valence-corrected chi connectivity index (χ4v) is 3.29. The molecule has 0 aliphatic heterocycles. The van der Waals surface area contributed by atoms with Crippen molar-refractivity contribution >= 4 is 51.1 Å². The van der Waals surface area contributed by atoms with Crippen LogP contribution in [-0.2, 0) is 6.54 Å². The third-order valence-electron chi connectivity index (χ3n) is 4.09. The lowest BCUT2D eigenvalue weighted by Crippen LogP contribution is -2.11. The molecule has 0 saturated carbocycles. The summed E-state index contributed by atoms with van der Waals surface area (Å²) in [6.07, 6.45) is 5.49. The molecule has 4 aromatic rings. The van der Waals surface area contributed by atoms with Crippen LogP contribution in [0.15, 0.2) is 38.9 Å². The van der Waals surface area contributed by atoms with Crippen LogP contribution in [0, 0.1) is 6.92 Å². The van der Waals surface area contributed by atoms with Crippen molar-refractivity contribution in [2.45, 2.75) is 46.3 Å². The molecule has 4 aromatic heterocycles. The lowest BCUT2D eigenvalue weighted by atomic mass is 10.2. The molecule has 0 fully saturated rings. The normalized spacial score (nSPS) is 10.2. The second kappa shape index (κ2) is 11.0. The molecular weight excluding hydrogens is 422 g/mol. The van der Waals surface area contributed by atoms with Crippen LogP contribution in [-0.4, -0.2) is 26.2 Å². The van der Waals surface area contributed by atoms with Crippen molar-refractivity contribution < 1.29 is 4.42 Å². The Balaban J connectivity index is 0.000000757. The molecule has 0 aliphatic rings. The highest BCUT2D eigenvalue weighted by Gasteiger charge is 2.17. The first kappa shape index (κ1) is 23.7. The van der Waals surface area contributed by atoms with E-state index in [4.69, 9.17) is 16.0 Å². The molecule has 0 bridgehead atoms. The summed E-state index contributed by atoms with van der Waals surface area (Å²) in [6.45, 7) is 10.2. The fraction of sp³-hybridized carbons (Fsp3) is 0.333. The first-order valence-electron chi connectivity index (χ1n) is 9.78. The van der Waals surface area contributed by atoms with E-state index in [1.165, 1.54) is 11.8 Å². The number of thioether (sulfide) groups is 1. The molecule has 0 aromatic carbocycles. The Morgan fingerprint density at radius 2 is 1.97 bits per heavy atom. The van der Waals surface area contributed by atoms with Crippen molar-refractivity contribution in [3.63, 3.8) is 0 Å². The number of hydrogen-bond acceptors (Lipinski definition) is 7. The molecule has 9 heteroatoms. The van der Waals surface area contributed by atoms with Crippen LogP contribution >= 0.6 is 23.4 Å². The number of H-pyrrole nitrogens is 1. The zero-order chi connectivity index (χ0) is 22.3. The largest absolute Gasteiger partial charge is 0.410 e. The predicted octanol–water partition coefficient (Wildman–Crippen LogP) is 5.81. The highest BCUT2D eigenvalue weighted by Crippen LogP contribution is 2.27. The number of nitrogens with one attached hydrogen (secondary N) is 2. The highest BCUT2D eigenvalue weighted by molar-refractivity contribution is 7.98. The summed E-state index contributed by atoms with van der Waals surface area (Å²) in [6, 6.07) is 3.87. The van der Waals surface area contributed by atoms with E-state index in [1.807, 2.05) is 52.3 Å². The van der Waals surface area contributed by atoms with Crippen molar-refractivity contribution in [1.82, 2.24) is 19.9 Å². The molecule has 0 unspecified atom stereocenters. The van der Waals surface area contributed by atoms with E-state index in [9.17, 15) is 4.79 Å². The van der Waals surface area contributed by atoms with Crippen molar-refractivity contribution in [3.8, 4) is 0 Å². The van der Waals surface area contributed by atoms with Crippen LogP contribution in [0.2, 0.25) is 5.22 Å². The number of hydrogen-bond donors (Lipinski definition) is 2. The van der Waals surface area contributed by atoms with Gasteiger partial charge in [0, 0.05) is 29.9 Å². The molecule has 160 valence electrons. The van der Waals surface area contributed by atoms with Gasteiger partial charge in [0.25, 0.3) is 0 Å². The van der Waals surface area contributed by atoms with Gasteiger partial charge in [-0.15, -0.1) is 0 Å². The molecule has 30 heavy (non-hydrogen) atoms. The minimum absolute atomic E-state index is 0.0434. The Hall–Kier alpha value is -2.58. The zero-order valence-corrected chi connectivity index (χ0v) is 19.5. The average Bonchev–Trinajstić information content (AvgIpc) is 3.21. The lowest BCUT2D eigenvalue weighted by Gasteiger charge is -2.10. The molecule has 0 saturated heterocycles. The number of fused-ring (bicyclic) bond motifs is 2. The Labute approximate surface area is 184 Å². The predicted molar refractivity (Wildman–Crippen MR) is 126 cm³/mol. The smallest absolute Gasteiger partial charge is 0.350 e. The van der Waals surface area contributed by atoms with Gasteiger partial charge in [0.05, 0.1) is 5.52 Å². The summed E-state index contributed by atoms with van der Waals surface area (Å²) in [5.74, 6) is 0.422. The van der Waals surface area contributed by atoms with Crippen LogP contribution in [0.25, 0.3) is 21.9 Å². The van der Waals surface area contributed by atoms with Crippen LogP contribution in [0.4, 0.5) is 5.82 Å². The molecular formula is C21H26ClN5O2S. The quantitative estimate of drug-likeness (QED) is 0.301. The van der Waals surface area contributed by atoms with E-state index in [2.05, 4.69) is 25.3 Å². The summed E-state index contributed by atoms with van der Waals surface area (Å²) in [7, 11) is 0. The zero-order valence-electron chi connectivity index (χ0n) is 18.0. The number of aryl methyl sites for hydroxylation is 1. The molecule has 4 rings (SSSR count). The number of pyridine rings is 1. The third-order valence-corrected chi connectivity index (χ3v) is 5.00.